The molecular formula is C14H14N2O2. The Morgan fingerprint density at radius 2 is 1.94 bits per heavy atom. The number of carbonyl (C=O) groups excluding carboxylic acids is 1. The van der Waals surface area contributed by atoms with Gasteiger partial charge in [0.05, 0.1) is 0 Å². The van der Waals surface area contributed by atoms with Crippen molar-refractivity contribution in [1.29, 1.82) is 0 Å². The number of aryl methyl sites for hydroxylation is 2. The first-order valence-electron chi connectivity index (χ1n) is 5.63. The lowest BCUT2D eigenvalue weighted by Gasteiger charge is -2.07. The molecule has 0 saturated heterocycles. The highest BCUT2D eigenvalue weighted by molar-refractivity contribution is 6.03. The van der Waals surface area contributed by atoms with Gasteiger partial charge in [-0.2, -0.15) is 0 Å². The number of aromatic nitrogens is 1. The summed E-state index contributed by atoms with van der Waals surface area (Å²) in [7, 11) is 0. The SMILES string of the molecule is Cc1ccc(NC(=O)c2c[nH]ccc2=O)cc1C. The van der Waals surface area contributed by atoms with Gasteiger partial charge in [0.1, 0.15) is 5.56 Å². The summed E-state index contributed by atoms with van der Waals surface area (Å²) in [6.45, 7) is 3.98. The molecule has 2 N–H and O–H groups in total. The van der Waals surface area contributed by atoms with Gasteiger partial charge in [-0.3, -0.25) is 9.59 Å². The van der Waals surface area contributed by atoms with E-state index in [1.54, 1.807) is 0 Å². The second kappa shape index (κ2) is 4.87. The van der Waals surface area contributed by atoms with Crippen LogP contribution in [0.5, 0.6) is 0 Å². The number of anilines is 1. The number of benzene rings is 1. The Morgan fingerprint density at radius 1 is 1.17 bits per heavy atom. The number of aromatic amines is 1. The lowest BCUT2D eigenvalue weighted by molar-refractivity contribution is 0.102. The van der Waals surface area contributed by atoms with Gasteiger partial charge in [-0.15, -0.1) is 0 Å². The second-order valence-corrected chi connectivity index (χ2v) is 4.18. The van der Waals surface area contributed by atoms with Crippen LogP contribution in [0.25, 0.3) is 0 Å². The van der Waals surface area contributed by atoms with Gasteiger partial charge in [-0.25, -0.2) is 0 Å². The van der Waals surface area contributed by atoms with Crippen molar-refractivity contribution < 1.29 is 4.79 Å². The quantitative estimate of drug-likeness (QED) is 0.848. The molecule has 0 bridgehead atoms. The van der Waals surface area contributed by atoms with Gasteiger partial charge in [0, 0.05) is 24.1 Å². The molecule has 0 radical (unpaired) electrons. The summed E-state index contributed by atoms with van der Waals surface area (Å²) in [6.07, 6.45) is 2.90. The molecule has 2 aromatic rings. The molecule has 1 heterocycles. The molecule has 18 heavy (non-hydrogen) atoms. The third-order valence-electron chi connectivity index (χ3n) is 2.83. The van der Waals surface area contributed by atoms with Crippen molar-refractivity contribution in [2.24, 2.45) is 0 Å². The average molecular weight is 242 g/mol. The molecule has 0 unspecified atom stereocenters. The summed E-state index contributed by atoms with van der Waals surface area (Å²) in [6, 6.07) is 6.96. The molecule has 0 saturated carbocycles. The molecule has 0 spiro atoms. The van der Waals surface area contributed by atoms with Crippen molar-refractivity contribution in [3.63, 3.8) is 0 Å². The van der Waals surface area contributed by atoms with Gasteiger partial charge in [-0.1, -0.05) is 6.07 Å². The molecule has 1 amide bonds. The number of H-pyrrole nitrogens is 1. The molecule has 4 heteroatoms. The first-order chi connectivity index (χ1) is 8.58. The first kappa shape index (κ1) is 12.1. The van der Waals surface area contributed by atoms with E-state index in [1.165, 1.54) is 18.5 Å². The van der Waals surface area contributed by atoms with Crippen molar-refractivity contribution >= 4 is 11.6 Å². The van der Waals surface area contributed by atoms with E-state index in [4.69, 9.17) is 0 Å². The predicted octanol–water partition coefficient (Wildman–Crippen LogP) is 2.24. The Bertz CT molecular complexity index is 644. The Balaban J connectivity index is 2.24. The zero-order valence-corrected chi connectivity index (χ0v) is 10.3. The minimum Gasteiger partial charge on any atom is -0.367 e. The van der Waals surface area contributed by atoms with E-state index >= 15 is 0 Å². The summed E-state index contributed by atoms with van der Waals surface area (Å²) in [5.41, 5.74) is 2.75. The highest BCUT2D eigenvalue weighted by Crippen LogP contribution is 2.14. The van der Waals surface area contributed by atoms with Crippen LogP contribution < -0.4 is 10.7 Å². The van der Waals surface area contributed by atoms with Gasteiger partial charge >= 0.3 is 0 Å². The molecule has 0 aliphatic rings. The Hall–Kier alpha value is -2.36. The highest BCUT2D eigenvalue weighted by atomic mass is 16.2. The summed E-state index contributed by atoms with van der Waals surface area (Å²) >= 11 is 0. The van der Waals surface area contributed by atoms with E-state index in [2.05, 4.69) is 10.3 Å². The number of hydrogen-bond donors (Lipinski definition) is 2. The highest BCUT2D eigenvalue weighted by Gasteiger charge is 2.09. The molecule has 0 atom stereocenters. The normalized spacial score (nSPS) is 10.1. The van der Waals surface area contributed by atoms with Crippen molar-refractivity contribution in [2.45, 2.75) is 13.8 Å². The Morgan fingerprint density at radius 3 is 2.61 bits per heavy atom. The maximum atomic E-state index is 11.9. The van der Waals surface area contributed by atoms with Crippen LogP contribution >= 0.6 is 0 Å². The van der Waals surface area contributed by atoms with E-state index in [0.29, 0.717) is 5.69 Å². The van der Waals surface area contributed by atoms with Crippen molar-refractivity contribution in [3.05, 3.63) is 63.6 Å². The molecule has 2 rings (SSSR count). The standard InChI is InChI=1S/C14H14N2O2/c1-9-3-4-11(7-10(9)2)16-14(18)12-8-15-6-5-13(12)17/h3-8H,1-2H3,(H,15,17)(H,16,18). The number of carbonyl (C=O) groups is 1. The maximum absolute atomic E-state index is 11.9. The van der Waals surface area contributed by atoms with E-state index in [9.17, 15) is 9.59 Å². The number of amides is 1. The molecular weight excluding hydrogens is 228 g/mol. The third-order valence-corrected chi connectivity index (χ3v) is 2.83. The lowest BCUT2D eigenvalue weighted by atomic mass is 10.1. The van der Waals surface area contributed by atoms with Gasteiger partial charge in [0.15, 0.2) is 5.43 Å². The van der Waals surface area contributed by atoms with Gasteiger partial charge < -0.3 is 10.3 Å². The van der Waals surface area contributed by atoms with Crippen LogP contribution in [0.2, 0.25) is 0 Å². The zero-order valence-electron chi connectivity index (χ0n) is 10.3. The second-order valence-electron chi connectivity index (χ2n) is 4.18. The van der Waals surface area contributed by atoms with Crippen LogP contribution in [0.1, 0.15) is 21.5 Å². The summed E-state index contributed by atoms with van der Waals surface area (Å²) < 4.78 is 0. The van der Waals surface area contributed by atoms with Crippen LogP contribution in [0, 0.1) is 13.8 Å². The number of hydrogen-bond acceptors (Lipinski definition) is 2. The Labute approximate surface area is 105 Å². The van der Waals surface area contributed by atoms with Crippen LogP contribution in [-0.2, 0) is 0 Å². The van der Waals surface area contributed by atoms with Crippen LogP contribution in [0.4, 0.5) is 5.69 Å². The van der Waals surface area contributed by atoms with Crippen LogP contribution in [0.3, 0.4) is 0 Å². The summed E-state index contributed by atoms with van der Waals surface area (Å²) in [5.74, 6) is -0.403. The monoisotopic (exact) mass is 242 g/mol. The minimum atomic E-state index is -0.403. The average Bonchev–Trinajstić information content (AvgIpc) is 2.34. The maximum Gasteiger partial charge on any atom is 0.261 e. The number of rotatable bonds is 2. The largest absolute Gasteiger partial charge is 0.367 e. The van der Waals surface area contributed by atoms with Crippen LogP contribution in [-0.4, -0.2) is 10.9 Å². The molecule has 92 valence electrons. The lowest BCUT2D eigenvalue weighted by Crippen LogP contribution is -2.20. The number of nitrogens with one attached hydrogen (secondary N) is 2. The van der Waals surface area contributed by atoms with E-state index in [-0.39, 0.29) is 11.0 Å². The number of pyridine rings is 1. The predicted molar refractivity (Wildman–Crippen MR) is 70.9 cm³/mol. The Kier molecular flexibility index (Phi) is 3.28. The van der Waals surface area contributed by atoms with Gasteiger partial charge in [-0.05, 0) is 37.1 Å². The van der Waals surface area contributed by atoms with Crippen molar-refractivity contribution in [1.82, 2.24) is 4.98 Å². The fourth-order valence-electron chi connectivity index (χ4n) is 1.61. The van der Waals surface area contributed by atoms with Gasteiger partial charge in [0.2, 0.25) is 0 Å². The van der Waals surface area contributed by atoms with Gasteiger partial charge in [0.25, 0.3) is 5.91 Å². The summed E-state index contributed by atoms with van der Waals surface area (Å²) in [4.78, 5) is 26.1. The van der Waals surface area contributed by atoms with Crippen molar-refractivity contribution in [3.8, 4) is 0 Å². The van der Waals surface area contributed by atoms with Crippen LogP contribution in [0.15, 0.2) is 41.5 Å². The molecule has 0 fully saturated rings. The fourth-order valence-corrected chi connectivity index (χ4v) is 1.61. The first-order valence-corrected chi connectivity index (χ1v) is 5.63. The zero-order chi connectivity index (χ0) is 13.1. The molecule has 1 aromatic heterocycles. The topological polar surface area (TPSA) is 62.0 Å². The van der Waals surface area contributed by atoms with E-state index < -0.39 is 5.91 Å². The molecule has 0 aliphatic heterocycles. The molecule has 1 aromatic carbocycles. The summed E-state index contributed by atoms with van der Waals surface area (Å²) in [5, 5.41) is 2.71. The fraction of sp³-hybridized carbons (Fsp3) is 0.143. The van der Waals surface area contributed by atoms with Crippen molar-refractivity contribution in [2.75, 3.05) is 5.32 Å². The van der Waals surface area contributed by atoms with E-state index in [0.717, 1.165) is 11.1 Å². The smallest absolute Gasteiger partial charge is 0.261 e. The van der Waals surface area contributed by atoms with E-state index in [1.807, 2.05) is 32.0 Å². The molecule has 4 nitrogen and oxygen atoms in total. The minimum absolute atomic E-state index is 0.107. The molecule has 0 aliphatic carbocycles. The third kappa shape index (κ3) is 2.48.